The Balaban J connectivity index is 2.01. The first kappa shape index (κ1) is 12.2. The lowest BCUT2D eigenvalue weighted by Crippen LogP contribution is -1.99. The van der Waals surface area contributed by atoms with Gasteiger partial charge >= 0.3 is 0 Å². The molecule has 5 heteroatoms. The van der Waals surface area contributed by atoms with Crippen LogP contribution in [0.5, 0.6) is 0 Å². The van der Waals surface area contributed by atoms with Crippen LogP contribution < -0.4 is 11.5 Å². The van der Waals surface area contributed by atoms with E-state index in [0.717, 1.165) is 35.3 Å². The second-order valence-electron chi connectivity index (χ2n) is 5.56. The van der Waals surface area contributed by atoms with Gasteiger partial charge in [0.15, 0.2) is 0 Å². The van der Waals surface area contributed by atoms with E-state index in [9.17, 15) is 4.39 Å². The number of aromatic nitrogens is 2. The molecule has 0 atom stereocenters. The molecule has 0 radical (unpaired) electrons. The first-order valence-corrected chi connectivity index (χ1v) is 6.96. The van der Waals surface area contributed by atoms with E-state index in [0.29, 0.717) is 17.4 Å². The van der Waals surface area contributed by atoms with Gasteiger partial charge in [-0.15, -0.1) is 0 Å². The number of hydrogen-bond acceptors (Lipinski definition) is 3. The van der Waals surface area contributed by atoms with E-state index in [-0.39, 0.29) is 5.82 Å². The molecule has 0 saturated heterocycles. The molecule has 1 fully saturated rings. The number of nitrogens with zero attached hydrogens (tertiary/aromatic N) is 2. The highest BCUT2D eigenvalue weighted by molar-refractivity contribution is 5.82. The fourth-order valence-electron chi connectivity index (χ4n) is 2.78. The molecule has 3 aromatic rings. The van der Waals surface area contributed by atoms with Crippen LogP contribution in [0.1, 0.15) is 18.9 Å². The Morgan fingerprint density at radius 1 is 1.05 bits per heavy atom. The molecule has 1 heterocycles. The van der Waals surface area contributed by atoms with Crippen LogP contribution in [0.25, 0.3) is 22.4 Å². The summed E-state index contributed by atoms with van der Waals surface area (Å²) in [5, 5.41) is 0. The molecule has 0 bridgehead atoms. The lowest BCUT2D eigenvalue weighted by Gasteiger charge is -2.09. The molecular weight excluding hydrogens is 267 g/mol. The first-order chi connectivity index (χ1) is 10.1. The van der Waals surface area contributed by atoms with Crippen molar-refractivity contribution in [1.29, 1.82) is 0 Å². The molecule has 1 aliphatic carbocycles. The van der Waals surface area contributed by atoms with Crippen molar-refractivity contribution in [1.82, 2.24) is 9.55 Å². The predicted octanol–water partition coefficient (Wildman–Crippen LogP) is 3.34. The molecule has 106 valence electrons. The van der Waals surface area contributed by atoms with E-state index in [1.54, 1.807) is 18.2 Å². The molecule has 2 aromatic carbocycles. The Hall–Kier alpha value is -2.56. The topological polar surface area (TPSA) is 69.9 Å². The van der Waals surface area contributed by atoms with Gasteiger partial charge in [-0.05, 0) is 49.2 Å². The molecule has 0 amide bonds. The van der Waals surface area contributed by atoms with E-state index in [2.05, 4.69) is 9.55 Å². The maximum atomic E-state index is 13.6. The van der Waals surface area contributed by atoms with Crippen molar-refractivity contribution in [2.24, 2.45) is 0 Å². The summed E-state index contributed by atoms with van der Waals surface area (Å²) in [6.45, 7) is 0. The fraction of sp³-hybridized carbons (Fsp3) is 0.188. The molecule has 4 nitrogen and oxygen atoms in total. The molecule has 1 aromatic heterocycles. The van der Waals surface area contributed by atoms with Crippen molar-refractivity contribution in [3.05, 3.63) is 42.2 Å². The van der Waals surface area contributed by atoms with Crippen LogP contribution in [0.3, 0.4) is 0 Å². The predicted molar refractivity (Wildman–Crippen MR) is 82.2 cm³/mol. The Kier molecular flexibility index (Phi) is 2.45. The normalized spacial score (nSPS) is 14.7. The maximum Gasteiger partial charge on any atom is 0.141 e. The van der Waals surface area contributed by atoms with E-state index in [4.69, 9.17) is 11.5 Å². The average Bonchev–Trinajstić information content (AvgIpc) is 3.18. The largest absolute Gasteiger partial charge is 0.399 e. The van der Waals surface area contributed by atoms with Gasteiger partial charge in [0, 0.05) is 23.0 Å². The number of rotatable bonds is 2. The van der Waals surface area contributed by atoms with E-state index < -0.39 is 0 Å². The van der Waals surface area contributed by atoms with Gasteiger partial charge in [-0.2, -0.15) is 0 Å². The zero-order valence-electron chi connectivity index (χ0n) is 11.4. The van der Waals surface area contributed by atoms with Gasteiger partial charge < -0.3 is 16.0 Å². The van der Waals surface area contributed by atoms with Crippen molar-refractivity contribution in [2.75, 3.05) is 11.5 Å². The molecule has 1 saturated carbocycles. The van der Waals surface area contributed by atoms with Gasteiger partial charge in [0.1, 0.15) is 11.6 Å². The van der Waals surface area contributed by atoms with Crippen LogP contribution in [0.15, 0.2) is 36.4 Å². The fourth-order valence-corrected chi connectivity index (χ4v) is 2.78. The third-order valence-electron chi connectivity index (χ3n) is 3.80. The third kappa shape index (κ3) is 2.01. The van der Waals surface area contributed by atoms with Gasteiger partial charge in [0.2, 0.25) is 0 Å². The summed E-state index contributed by atoms with van der Waals surface area (Å²) in [5.74, 6) is 0.556. The zero-order chi connectivity index (χ0) is 14.6. The molecular formula is C16H15FN4. The minimum absolute atomic E-state index is 0.247. The minimum atomic E-state index is -0.247. The molecule has 0 spiro atoms. The van der Waals surface area contributed by atoms with Gasteiger partial charge in [-0.1, -0.05) is 0 Å². The number of halogens is 1. The van der Waals surface area contributed by atoms with Gasteiger partial charge in [0.25, 0.3) is 0 Å². The summed E-state index contributed by atoms with van der Waals surface area (Å²) >= 11 is 0. The zero-order valence-corrected chi connectivity index (χ0v) is 11.4. The van der Waals surface area contributed by atoms with Gasteiger partial charge in [-0.25, -0.2) is 9.37 Å². The SMILES string of the molecule is Nc1cc(N)cc(-c2nc3ccc(F)cc3n2C2CC2)c1. The standard InChI is InChI=1S/C16H15FN4/c17-10-1-4-14-15(7-10)21(13-2-3-13)16(20-14)9-5-11(18)8-12(19)6-9/h1,4-8,13H,2-3,18-19H2. The van der Waals surface area contributed by atoms with Crippen LogP contribution in [0, 0.1) is 5.82 Å². The number of benzene rings is 2. The van der Waals surface area contributed by atoms with Crippen LogP contribution in [0.2, 0.25) is 0 Å². The van der Waals surface area contributed by atoms with Gasteiger partial charge in [-0.3, -0.25) is 0 Å². The van der Waals surface area contributed by atoms with Crippen molar-refractivity contribution >= 4 is 22.4 Å². The average molecular weight is 282 g/mol. The summed E-state index contributed by atoms with van der Waals surface area (Å²) in [6, 6.07) is 10.5. The van der Waals surface area contributed by atoms with E-state index in [1.807, 2.05) is 12.1 Å². The maximum absolute atomic E-state index is 13.6. The summed E-state index contributed by atoms with van der Waals surface area (Å²) in [5.41, 5.74) is 15.5. The van der Waals surface area contributed by atoms with E-state index in [1.165, 1.54) is 6.07 Å². The molecule has 21 heavy (non-hydrogen) atoms. The van der Waals surface area contributed by atoms with Gasteiger partial charge in [0.05, 0.1) is 11.0 Å². The minimum Gasteiger partial charge on any atom is -0.399 e. The summed E-state index contributed by atoms with van der Waals surface area (Å²) in [7, 11) is 0. The summed E-state index contributed by atoms with van der Waals surface area (Å²) in [4.78, 5) is 4.65. The first-order valence-electron chi connectivity index (χ1n) is 6.96. The number of fused-ring (bicyclic) bond motifs is 1. The Morgan fingerprint density at radius 3 is 2.43 bits per heavy atom. The molecule has 0 unspecified atom stereocenters. The second-order valence-corrected chi connectivity index (χ2v) is 5.56. The monoisotopic (exact) mass is 282 g/mol. The van der Waals surface area contributed by atoms with Crippen LogP contribution in [-0.4, -0.2) is 9.55 Å². The Bertz CT molecular complexity index is 829. The number of hydrogen-bond donors (Lipinski definition) is 2. The molecule has 0 aliphatic heterocycles. The van der Waals surface area contributed by atoms with Crippen LogP contribution in [0.4, 0.5) is 15.8 Å². The van der Waals surface area contributed by atoms with Crippen LogP contribution >= 0.6 is 0 Å². The quantitative estimate of drug-likeness (QED) is 0.708. The number of imidazole rings is 1. The van der Waals surface area contributed by atoms with Crippen molar-refractivity contribution in [2.45, 2.75) is 18.9 Å². The number of anilines is 2. The number of nitrogens with two attached hydrogens (primary N) is 2. The van der Waals surface area contributed by atoms with E-state index >= 15 is 0 Å². The highest BCUT2D eigenvalue weighted by Crippen LogP contribution is 2.41. The highest BCUT2D eigenvalue weighted by Gasteiger charge is 2.29. The Labute approximate surface area is 121 Å². The van der Waals surface area contributed by atoms with Crippen molar-refractivity contribution in [3.63, 3.8) is 0 Å². The lowest BCUT2D eigenvalue weighted by molar-refractivity contribution is 0.628. The highest BCUT2D eigenvalue weighted by atomic mass is 19.1. The lowest BCUT2D eigenvalue weighted by atomic mass is 10.1. The smallest absolute Gasteiger partial charge is 0.141 e. The second kappa shape index (κ2) is 4.22. The van der Waals surface area contributed by atoms with Crippen LogP contribution in [-0.2, 0) is 0 Å². The molecule has 4 rings (SSSR count). The van der Waals surface area contributed by atoms with Crippen molar-refractivity contribution in [3.8, 4) is 11.4 Å². The number of nitrogen functional groups attached to an aromatic ring is 2. The summed E-state index contributed by atoms with van der Waals surface area (Å²) < 4.78 is 15.7. The summed E-state index contributed by atoms with van der Waals surface area (Å²) in [6.07, 6.45) is 2.18. The Morgan fingerprint density at radius 2 is 1.76 bits per heavy atom. The molecule has 1 aliphatic rings. The molecule has 4 N–H and O–H groups in total. The van der Waals surface area contributed by atoms with Crippen molar-refractivity contribution < 1.29 is 4.39 Å². The third-order valence-corrected chi connectivity index (χ3v) is 3.80.